The molecule has 0 spiro atoms. The van der Waals surface area contributed by atoms with Crippen LogP contribution in [0, 0.1) is 0 Å². The Morgan fingerprint density at radius 2 is 2.05 bits per heavy atom. The lowest BCUT2D eigenvalue weighted by atomic mass is 10.2. The average Bonchev–Trinajstić information content (AvgIpc) is 2.86. The maximum absolute atomic E-state index is 12.3. The first kappa shape index (κ1) is 15.4. The summed E-state index contributed by atoms with van der Waals surface area (Å²) in [5.74, 6) is 0. The van der Waals surface area contributed by atoms with Crippen molar-refractivity contribution in [3.63, 3.8) is 0 Å². The summed E-state index contributed by atoms with van der Waals surface area (Å²) in [6.45, 7) is 1.58. The van der Waals surface area contributed by atoms with Crippen LogP contribution >= 0.6 is 0 Å². The smallest absolute Gasteiger partial charge is 0.279 e. The van der Waals surface area contributed by atoms with Crippen LogP contribution in [0.5, 0.6) is 0 Å². The highest BCUT2D eigenvalue weighted by molar-refractivity contribution is 7.87. The molecule has 0 bridgehead atoms. The molecule has 0 radical (unpaired) electrons. The molecule has 0 saturated carbocycles. The maximum Gasteiger partial charge on any atom is 0.279 e. The van der Waals surface area contributed by atoms with Crippen molar-refractivity contribution in [2.45, 2.75) is 18.7 Å². The van der Waals surface area contributed by atoms with E-state index in [0.29, 0.717) is 19.6 Å². The molecule has 1 unspecified atom stereocenters. The Morgan fingerprint density at radius 1 is 1.35 bits per heavy atom. The molecule has 2 N–H and O–H groups in total. The molecule has 1 fully saturated rings. The zero-order valence-electron chi connectivity index (χ0n) is 11.7. The minimum Gasteiger partial charge on any atom is -0.378 e. The zero-order chi connectivity index (χ0) is 14.6. The van der Waals surface area contributed by atoms with Crippen LogP contribution in [0.4, 0.5) is 0 Å². The van der Waals surface area contributed by atoms with E-state index in [-0.39, 0.29) is 12.1 Å². The van der Waals surface area contributed by atoms with Crippen LogP contribution in [0.1, 0.15) is 5.56 Å². The van der Waals surface area contributed by atoms with Gasteiger partial charge in [-0.15, -0.1) is 0 Å². The summed E-state index contributed by atoms with van der Waals surface area (Å²) in [6, 6.07) is 9.27. The Labute approximate surface area is 120 Å². The van der Waals surface area contributed by atoms with E-state index < -0.39 is 10.2 Å². The number of hydrogen-bond donors (Lipinski definition) is 2. The molecule has 1 aliphatic heterocycles. The molecule has 1 saturated heterocycles. The van der Waals surface area contributed by atoms with Gasteiger partial charge in [-0.05, 0) is 5.56 Å². The van der Waals surface area contributed by atoms with Gasteiger partial charge in [0.25, 0.3) is 10.2 Å². The van der Waals surface area contributed by atoms with E-state index in [2.05, 4.69) is 10.0 Å². The van der Waals surface area contributed by atoms with E-state index in [1.54, 1.807) is 14.2 Å². The van der Waals surface area contributed by atoms with Gasteiger partial charge >= 0.3 is 0 Å². The quantitative estimate of drug-likeness (QED) is 0.772. The van der Waals surface area contributed by atoms with Crippen LogP contribution < -0.4 is 10.0 Å². The predicted octanol–water partition coefficient (Wildman–Crippen LogP) is -0.0604. The van der Waals surface area contributed by atoms with Crippen LogP contribution in [-0.2, 0) is 21.5 Å². The van der Waals surface area contributed by atoms with Gasteiger partial charge in [0.05, 0.1) is 12.1 Å². The van der Waals surface area contributed by atoms with Gasteiger partial charge in [-0.2, -0.15) is 17.4 Å². The first-order valence-electron chi connectivity index (χ1n) is 6.54. The van der Waals surface area contributed by atoms with Crippen LogP contribution in [0.25, 0.3) is 0 Å². The molecule has 1 aromatic carbocycles. The van der Waals surface area contributed by atoms with Gasteiger partial charge in [0, 0.05) is 33.8 Å². The molecule has 1 aliphatic rings. The number of benzene rings is 1. The second-order valence-corrected chi connectivity index (χ2v) is 6.71. The standard InChI is InChI=1S/C13H21N3O3S/c1-16(10-11-6-4-3-5-7-11)20(17,18)15-12-8-14-9-13(12)19-2/h3-7,12-15H,8-10H2,1-2H3/t12?,13-/m0/s1. The largest absolute Gasteiger partial charge is 0.378 e. The molecule has 20 heavy (non-hydrogen) atoms. The Balaban J connectivity index is 1.99. The summed E-state index contributed by atoms with van der Waals surface area (Å²) in [7, 11) is -0.363. The molecular formula is C13H21N3O3S. The lowest BCUT2D eigenvalue weighted by Crippen LogP contribution is -2.48. The number of rotatable bonds is 6. The molecule has 0 aromatic heterocycles. The lowest BCUT2D eigenvalue weighted by molar-refractivity contribution is 0.102. The highest BCUT2D eigenvalue weighted by atomic mass is 32.2. The molecule has 112 valence electrons. The molecule has 1 aromatic rings. The van der Waals surface area contributed by atoms with Gasteiger partial charge in [-0.3, -0.25) is 0 Å². The fraction of sp³-hybridized carbons (Fsp3) is 0.538. The zero-order valence-corrected chi connectivity index (χ0v) is 12.6. The summed E-state index contributed by atoms with van der Waals surface area (Å²) in [5.41, 5.74) is 0.952. The van der Waals surface area contributed by atoms with E-state index in [1.807, 2.05) is 30.3 Å². The van der Waals surface area contributed by atoms with Crippen LogP contribution in [0.3, 0.4) is 0 Å². The van der Waals surface area contributed by atoms with Crippen LogP contribution in [0.2, 0.25) is 0 Å². The van der Waals surface area contributed by atoms with Crippen molar-refractivity contribution in [1.29, 1.82) is 0 Å². The van der Waals surface area contributed by atoms with Crippen molar-refractivity contribution < 1.29 is 13.2 Å². The third kappa shape index (κ3) is 3.77. The van der Waals surface area contributed by atoms with E-state index in [1.165, 1.54) is 4.31 Å². The lowest BCUT2D eigenvalue weighted by Gasteiger charge is -2.23. The van der Waals surface area contributed by atoms with Gasteiger partial charge in [-0.1, -0.05) is 30.3 Å². The van der Waals surface area contributed by atoms with Crippen LogP contribution in [-0.4, -0.2) is 52.1 Å². The third-order valence-electron chi connectivity index (χ3n) is 3.42. The Bertz CT molecular complexity index is 521. The molecule has 1 heterocycles. The second kappa shape index (κ2) is 6.64. The normalized spacial score (nSPS) is 23.4. The molecule has 2 rings (SSSR count). The summed E-state index contributed by atoms with van der Waals surface area (Å²) < 4.78 is 33.8. The maximum atomic E-state index is 12.3. The first-order chi connectivity index (χ1) is 9.53. The molecule has 6 nitrogen and oxygen atoms in total. The Kier molecular flexibility index (Phi) is 5.11. The summed E-state index contributed by atoms with van der Waals surface area (Å²) in [4.78, 5) is 0. The van der Waals surface area contributed by atoms with Crippen molar-refractivity contribution >= 4 is 10.2 Å². The summed E-state index contributed by atoms with van der Waals surface area (Å²) in [6.07, 6.45) is -0.130. The highest BCUT2D eigenvalue weighted by Gasteiger charge is 2.32. The molecule has 0 aliphatic carbocycles. The topological polar surface area (TPSA) is 70.7 Å². The Morgan fingerprint density at radius 3 is 2.70 bits per heavy atom. The summed E-state index contributed by atoms with van der Waals surface area (Å²) >= 11 is 0. The number of nitrogens with zero attached hydrogens (tertiary/aromatic N) is 1. The van der Waals surface area contributed by atoms with Crippen molar-refractivity contribution in [3.05, 3.63) is 35.9 Å². The van der Waals surface area contributed by atoms with Crippen molar-refractivity contribution in [2.75, 3.05) is 27.2 Å². The predicted molar refractivity (Wildman–Crippen MR) is 77.4 cm³/mol. The van der Waals surface area contributed by atoms with Gasteiger partial charge in [0.1, 0.15) is 0 Å². The van der Waals surface area contributed by atoms with Crippen molar-refractivity contribution in [2.24, 2.45) is 0 Å². The second-order valence-electron chi connectivity index (χ2n) is 4.90. The van der Waals surface area contributed by atoms with E-state index in [0.717, 1.165) is 5.56 Å². The molecule has 2 atom stereocenters. The van der Waals surface area contributed by atoms with E-state index in [4.69, 9.17) is 4.74 Å². The van der Waals surface area contributed by atoms with E-state index >= 15 is 0 Å². The minimum absolute atomic E-state index is 0.130. The average molecular weight is 299 g/mol. The molecular weight excluding hydrogens is 278 g/mol. The number of methoxy groups -OCH3 is 1. The third-order valence-corrected chi connectivity index (χ3v) is 4.97. The minimum atomic E-state index is -3.52. The number of nitrogens with one attached hydrogen (secondary N) is 2. The van der Waals surface area contributed by atoms with E-state index in [9.17, 15) is 8.42 Å². The van der Waals surface area contributed by atoms with Crippen molar-refractivity contribution in [1.82, 2.24) is 14.3 Å². The molecule has 0 amide bonds. The fourth-order valence-electron chi connectivity index (χ4n) is 2.23. The summed E-state index contributed by atoms with van der Waals surface area (Å²) in [5, 5.41) is 3.11. The first-order valence-corrected chi connectivity index (χ1v) is 7.98. The molecule has 7 heteroatoms. The van der Waals surface area contributed by atoms with Crippen LogP contribution in [0.15, 0.2) is 30.3 Å². The monoisotopic (exact) mass is 299 g/mol. The van der Waals surface area contributed by atoms with Gasteiger partial charge < -0.3 is 10.1 Å². The van der Waals surface area contributed by atoms with Gasteiger partial charge in [-0.25, -0.2) is 0 Å². The highest BCUT2D eigenvalue weighted by Crippen LogP contribution is 2.09. The fourth-order valence-corrected chi connectivity index (χ4v) is 3.34. The number of ether oxygens (including phenoxy) is 1. The van der Waals surface area contributed by atoms with Crippen molar-refractivity contribution in [3.8, 4) is 0 Å². The van der Waals surface area contributed by atoms with Gasteiger partial charge in [0.2, 0.25) is 0 Å². The SMILES string of the molecule is CO[C@H]1CNCC1NS(=O)(=O)N(C)Cc1ccccc1. The number of hydrogen-bond acceptors (Lipinski definition) is 4. The Hall–Kier alpha value is -0.990. The van der Waals surface area contributed by atoms with Gasteiger partial charge in [0.15, 0.2) is 0 Å².